The molecule has 6 heteroatoms. The van der Waals surface area contributed by atoms with Crippen LogP contribution in [0.15, 0.2) is 23.2 Å². The van der Waals surface area contributed by atoms with E-state index < -0.39 is 5.97 Å². The van der Waals surface area contributed by atoms with Crippen molar-refractivity contribution >= 4 is 17.6 Å². The fraction of sp³-hybridized carbons (Fsp3) is 0.111. The van der Waals surface area contributed by atoms with Crippen LogP contribution in [-0.4, -0.2) is 24.1 Å². The van der Waals surface area contributed by atoms with Gasteiger partial charge in [0.05, 0.1) is 12.7 Å². The minimum absolute atomic E-state index is 0.112. The third kappa shape index (κ3) is 2.60. The van der Waals surface area contributed by atoms with Crippen molar-refractivity contribution in [1.82, 2.24) is 0 Å². The maximum Gasteiger partial charge on any atom is 0.335 e. The molecule has 1 rings (SSSR count). The van der Waals surface area contributed by atoms with Crippen molar-refractivity contribution < 1.29 is 14.6 Å². The second-order valence-electron chi connectivity index (χ2n) is 2.73. The Morgan fingerprint density at radius 3 is 2.60 bits per heavy atom. The summed E-state index contributed by atoms with van der Waals surface area (Å²) in [6, 6.07) is 4.22. The first-order valence-electron chi connectivity index (χ1n) is 4.05. The van der Waals surface area contributed by atoms with E-state index in [0.717, 1.165) is 0 Å². The van der Waals surface area contributed by atoms with Crippen molar-refractivity contribution in [3.8, 4) is 5.75 Å². The molecule has 1 aromatic carbocycles. The number of aliphatic imine (C=N–C) groups is 1. The van der Waals surface area contributed by atoms with Crippen molar-refractivity contribution in [3.63, 3.8) is 0 Å². The van der Waals surface area contributed by atoms with E-state index in [-0.39, 0.29) is 11.5 Å². The molecule has 0 heterocycles. The number of aromatic carboxylic acids is 1. The fourth-order valence-electron chi connectivity index (χ4n) is 1.04. The zero-order valence-electron chi connectivity index (χ0n) is 8.10. The number of nitrogens with two attached hydrogens (primary N) is 2. The Labute approximate surface area is 86.2 Å². The molecule has 0 saturated heterocycles. The lowest BCUT2D eigenvalue weighted by atomic mass is 10.2. The van der Waals surface area contributed by atoms with Crippen LogP contribution in [0.4, 0.5) is 5.69 Å². The van der Waals surface area contributed by atoms with Gasteiger partial charge in [-0.1, -0.05) is 0 Å². The van der Waals surface area contributed by atoms with E-state index in [9.17, 15) is 4.79 Å². The monoisotopic (exact) mass is 209 g/mol. The van der Waals surface area contributed by atoms with E-state index in [4.69, 9.17) is 21.3 Å². The van der Waals surface area contributed by atoms with Gasteiger partial charge in [0.1, 0.15) is 11.4 Å². The Balaban J connectivity index is 3.21. The predicted molar refractivity (Wildman–Crippen MR) is 55.4 cm³/mol. The largest absolute Gasteiger partial charge is 0.494 e. The fourth-order valence-corrected chi connectivity index (χ4v) is 1.04. The molecule has 0 aliphatic carbocycles. The summed E-state index contributed by atoms with van der Waals surface area (Å²) in [6.45, 7) is 0. The molecule has 6 nitrogen and oxygen atoms in total. The molecule has 0 bridgehead atoms. The van der Waals surface area contributed by atoms with Crippen LogP contribution in [0.1, 0.15) is 10.4 Å². The first-order chi connectivity index (χ1) is 7.04. The number of nitrogens with zero attached hydrogens (tertiary/aromatic N) is 1. The predicted octanol–water partition coefficient (Wildman–Crippen LogP) is 0.298. The molecule has 1 aromatic rings. The standard InChI is InChI=1S/C9H11N3O3/c1-15-7-4-5(8(13)14)2-3-6(7)12-9(10)11/h2-4H,1H3,(H,13,14)(H4,10,11,12). The maximum absolute atomic E-state index is 10.7. The molecule has 80 valence electrons. The lowest BCUT2D eigenvalue weighted by Gasteiger charge is -2.05. The highest BCUT2D eigenvalue weighted by Gasteiger charge is 2.08. The molecule has 0 aliphatic heterocycles. The third-order valence-electron chi connectivity index (χ3n) is 1.68. The van der Waals surface area contributed by atoms with Gasteiger partial charge >= 0.3 is 5.97 Å². The van der Waals surface area contributed by atoms with E-state index in [1.807, 2.05) is 0 Å². The Morgan fingerprint density at radius 1 is 1.47 bits per heavy atom. The van der Waals surface area contributed by atoms with Crippen LogP contribution in [0.2, 0.25) is 0 Å². The number of hydrogen-bond donors (Lipinski definition) is 3. The number of guanidine groups is 1. The van der Waals surface area contributed by atoms with Crippen LogP contribution in [-0.2, 0) is 0 Å². The molecular formula is C9H11N3O3. The normalized spacial score (nSPS) is 9.40. The van der Waals surface area contributed by atoms with Crippen LogP contribution < -0.4 is 16.2 Å². The molecule has 0 aromatic heterocycles. The molecule has 15 heavy (non-hydrogen) atoms. The lowest BCUT2D eigenvalue weighted by Crippen LogP contribution is -2.21. The van der Waals surface area contributed by atoms with Gasteiger partial charge in [-0.2, -0.15) is 0 Å². The van der Waals surface area contributed by atoms with Crippen LogP contribution in [0.5, 0.6) is 5.75 Å². The highest BCUT2D eigenvalue weighted by Crippen LogP contribution is 2.28. The zero-order chi connectivity index (χ0) is 11.4. The number of carbonyl (C=O) groups is 1. The van der Waals surface area contributed by atoms with Crippen LogP contribution >= 0.6 is 0 Å². The highest BCUT2D eigenvalue weighted by molar-refractivity contribution is 5.89. The number of hydrogen-bond acceptors (Lipinski definition) is 3. The number of carboxylic acid groups (broad SMARTS) is 1. The Hall–Kier alpha value is -2.24. The number of carboxylic acids is 1. The van der Waals surface area contributed by atoms with Gasteiger partial charge in [0.2, 0.25) is 0 Å². The van der Waals surface area contributed by atoms with Crippen LogP contribution in [0, 0.1) is 0 Å². The summed E-state index contributed by atoms with van der Waals surface area (Å²) in [5.41, 5.74) is 10.9. The average Bonchev–Trinajstić information content (AvgIpc) is 2.17. The van der Waals surface area contributed by atoms with Crippen LogP contribution in [0.3, 0.4) is 0 Å². The van der Waals surface area contributed by atoms with Gasteiger partial charge in [0, 0.05) is 0 Å². The zero-order valence-corrected chi connectivity index (χ0v) is 8.10. The molecule has 0 amide bonds. The van der Waals surface area contributed by atoms with Gasteiger partial charge in [-0.15, -0.1) is 0 Å². The number of methoxy groups -OCH3 is 1. The van der Waals surface area contributed by atoms with Gasteiger partial charge in [0.25, 0.3) is 0 Å². The second-order valence-corrected chi connectivity index (χ2v) is 2.73. The van der Waals surface area contributed by atoms with Gasteiger partial charge in [-0.3, -0.25) is 0 Å². The maximum atomic E-state index is 10.7. The van der Waals surface area contributed by atoms with Crippen molar-refractivity contribution in [3.05, 3.63) is 23.8 Å². The molecular weight excluding hydrogens is 198 g/mol. The number of benzene rings is 1. The molecule has 0 radical (unpaired) electrons. The van der Waals surface area contributed by atoms with E-state index in [1.165, 1.54) is 25.3 Å². The first-order valence-corrected chi connectivity index (χ1v) is 4.05. The molecule has 0 spiro atoms. The van der Waals surface area contributed by atoms with E-state index in [1.54, 1.807) is 0 Å². The molecule has 0 aliphatic rings. The summed E-state index contributed by atoms with van der Waals surface area (Å²) in [7, 11) is 1.41. The minimum Gasteiger partial charge on any atom is -0.494 e. The second kappa shape index (κ2) is 4.32. The molecule has 0 unspecified atom stereocenters. The Kier molecular flexibility index (Phi) is 3.12. The van der Waals surface area contributed by atoms with Gasteiger partial charge in [-0.05, 0) is 18.2 Å². The Bertz CT molecular complexity index is 411. The summed E-state index contributed by atoms with van der Waals surface area (Å²) >= 11 is 0. The van der Waals surface area contributed by atoms with Gasteiger partial charge < -0.3 is 21.3 Å². The van der Waals surface area contributed by atoms with Gasteiger partial charge in [0.15, 0.2) is 5.96 Å². The number of rotatable bonds is 3. The van der Waals surface area contributed by atoms with E-state index >= 15 is 0 Å². The van der Waals surface area contributed by atoms with Crippen LogP contribution in [0.25, 0.3) is 0 Å². The topological polar surface area (TPSA) is 111 Å². The van der Waals surface area contributed by atoms with Crippen molar-refractivity contribution in [2.45, 2.75) is 0 Å². The molecule has 0 atom stereocenters. The third-order valence-corrected chi connectivity index (χ3v) is 1.68. The lowest BCUT2D eigenvalue weighted by molar-refractivity contribution is 0.0696. The van der Waals surface area contributed by atoms with Crippen molar-refractivity contribution in [1.29, 1.82) is 0 Å². The smallest absolute Gasteiger partial charge is 0.335 e. The molecule has 0 saturated carbocycles. The van der Waals surface area contributed by atoms with E-state index in [0.29, 0.717) is 11.4 Å². The summed E-state index contributed by atoms with van der Waals surface area (Å²) < 4.78 is 4.96. The SMILES string of the molecule is COc1cc(C(=O)O)ccc1N=C(N)N. The Morgan fingerprint density at radius 2 is 2.13 bits per heavy atom. The summed E-state index contributed by atoms with van der Waals surface area (Å²) in [4.78, 5) is 14.4. The highest BCUT2D eigenvalue weighted by atomic mass is 16.5. The summed E-state index contributed by atoms with van der Waals surface area (Å²) in [5.74, 6) is -0.843. The quantitative estimate of drug-likeness (QED) is 0.489. The minimum atomic E-state index is -1.04. The summed E-state index contributed by atoms with van der Waals surface area (Å²) in [6.07, 6.45) is 0. The first kappa shape index (κ1) is 10.8. The summed E-state index contributed by atoms with van der Waals surface area (Å²) in [5, 5.41) is 8.74. The number of ether oxygens (including phenoxy) is 1. The van der Waals surface area contributed by atoms with E-state index in [2.05, 4.69) is 4.99 Å². The van der Waals surface area contributed by atoms with Gasteiger partial charge in [-0.25, -0.2) is 9.79 Å². The van der Waals surface area contributed by atoms with Crippen molar-refractivity contribution in [2.75, 3.05) is 7.11 Å². The average molecular weight is 209 g/mol. The molecule has 0 fully saturated rings. The molecule has 5 N–H and O–H groups in total. The van der Waals surface area contributed by atoms with Crippen molar-refractivity contribution in [2.24, 2.45) is 16.5 Å².